The highest BCUT2D eigenvalue weighted by Crippen LogP contribution is 2.24. The Labute approximate surface area is 126 Å². The minimum atomic E-state index is -0.206. The van der Waals surface area contributed by atoms with E-state index in [1.54, 1.807) is 4.90 Å². The second kappa shape index (κ2) is 7.25. The topological polar surface area (TPSA) is 46.6 Å². The highest BCUT2D eigenvalue weighted by atomic mass is 16.5. The van der Waals surface area contributed by atoms with Gasteiger partial charge in [-0.15, -0.1) is 0 Å². The number of carbonyl (C=O) groups is 2. The number of benzene rings is 1. The number of hydrogen-bond acceptors (Lipinski definition) is 3. The average Bonchev–Trinajstić information content (AvgIpc) is 2.89. The van der Waals surface area contributed by atoms with Crippen LogP contribution in [0.1, 0.15) is 25.3 Å². The van der Waals surface area contributed by atoms with Crippen LogP contribution in [-0.4, -0.2) is 37.0 Å². The zero-order chi connectivity index (χ0) is 15.2. The first-order chi connectivity index (χ1) is 10.1. The molecule has 4 heteroatoms. The van der Waals surface area contributed by atoms with Crippen LogP contribution >= 0.6 is 0 Å². The molecule has 2 rings (SSSR count). The van der Waals surface area contributed by atoms with Crippen LogP contribution in [0.2, 0.25) is 0 Å². The molecule has 1 aliphatic heterocycles. The Kier molecular flexibility index (Phi) is 5.37. The molecule has 1 amide bonds. The van der Waals surface area contributed by atoms with E-state index in [0.29, 0.717) is 19.5 Å². The first kappa shape index (κ1) is 15.5. The van der Waals surface area contributed by atoms with E-state index in [1.807, 2.05) is 25.1 Å². The number of esters is 1. The van der Waals surface area contributed by atoms with Gasteiger partial charge in [0.25, 0.3) is 0 Å². The van der Waals surface area contributed by atoms with Gasteiger partial charge in [0.2, 0.25) is 5.91 Å². The van der Waals surface area contributed by atoms with Crippen LogP contribution in [0.4, 0.5) is 0 Å². The first-order valence-corrected chi connectivity index (χ1v) is 7.51. The van der Waals surface area contributed by atoms with Crippen molar-refractivity contribution >= 4 is 11.9 Å². The van der Waals surface area contributed by atoms with E-state index in [-0.39, 0.29) is 23.7 Å². The van der Waals surface area contributed by atoms with Gasteiger partial charge in [0, 0.05) is 19.5 Å². The SMILES string of the molecule is COC(=O)C1CN(C(=O)CCCc2ccccc2)CC1C. The van der Waals surface area contributed by atoms with Crippen molar-refractivity contribution in [1.29, 1.82) is 0 Å². The molecule has 1 heterocycles. The van der Waals surface area contributed by atoms with Crippen LogP contribution in [0.3, 0.4) is 0 Å². The second-order valence-electron chi connectivity index (χ2n) is 5.74. The van der Waals surface area contributed by atoms with Crippen LogP contribution in [0.5, 0.6) is 0 Å². The lowest BCUT2D eigenvalue weighted by Crippen LogP contribution is -2.30. The number of nitrogens with zero attached hydrogens (tertiary/aromatic N) is 1. The predicted molar refractivity (Wildman–Crippen MR) is 80.6 cm³/mol. The van der Waals surface area contributed by atoms with Gasteiger partial charge in [0.05, 0.1) is 13.0 Å². The number of carbonyl (C=O) groups excluding carboxylic acids is 2. The monoisotopic (exact) mass is 289 g/mol. The second-order valence-corrected chi connectivity index (χ2v) is 5.74. The summed E-state index contributed by atoms with van der Waals surface area (Å²) in [6.45, 7) is 3.15. The predicted octanol–water partition coefficient (Wildman–Crippen LogP) is 2.28. The summed E-state index contributed by atoms with van der Waals surface area (Å²) in [6.07, 6.45) is 2.29. The van der Waals surface area contributed by atoms with Crippen molar-refractivity contribution in [2.45, 2.75) is 26.2 Å². The lowest BCUT2D eigenvalue weighted by atomic mass is 9.99. The van der Waals surface area contributed by atoms with E-state index in [4.69, 9.17) is 4.74 Å². The standard InChI is InChI=1S/C17H23NO3/c1-13-11-18(12-15(13)17(20)21-2)16(19)10-6-9-14-7-4-3-5-8-14/h3-5,7-8,13,15H,6,9-12H2,1-2H3. The molecule has 0 spiro atoms. The number of methoxy groups -OCH3 is 1. The average molecular weight is 289 g/mol. The Bertz CT molecular complexity index is 486. The third-order valence-electron chi connectivity index (χ3n) is 4.17. The summed E-state index contributed by atoms with van der Waals surface area (Å²) in [5, 5.41) is 0. The molecule has 1 aromatic rings. The van der Waals surface area contributed by atoms with Gasteiger partial charge >= 0.3 is 5.97 Å². The van der Waals surface area contributed by atoms with Crippen LogP contribution in [0, 0.1) is 11.8 Å². The van der Waals surface area contributed by atoms with Gasteiger partial charge in [-0.3, -0.25) is 9.59 Å². The summed E-state index contributed by atoms with van der Waals surface area (Å²) in [4.78, 5) is 25.6. The maximum Gasteiger partial charge on any atom is 0.310 e. The fourth-order valence-corrected chi connectivity index (χ4v) is 2.88. The highest BCUT2D eigenvalue weighted by molar-refractivity contribution is 5.79. The van der Waals surface area contributed by atoms with E-state index < -0.39 is 0 Å². The van der Waals surface area contributed by atoms with Gasteiger partial charge in [0.15, 0.2) is 0 Å². The van der Waals surface area contributed by atoms with Crippen LogP contribution in [-0.2, 0) is 20.7 Å². The minimum absolute atomic E-state index is 0.143. The smallest absolute Gasteiger partial charge is 0.310 e. The molecule has 0 radical (unpaired) electrons. The molecule has 0 N–H and O–H groups in total. The Hall–Kier alpha value is -1.84. The largest absolute Gasteiger partial charge is 0.469 e. The molecule has 0 aliphatic carbocycles. The van der Waals surface area contributed by atoms with Crippen molar-refractivity contribution in [3.63, 3.8) is 0 Å². The maximum atomic E-state index is 12.2. The lowest BCUT2D eigenvalue weighted by Gasteiger charge is -2.16. The molecule has 0 aromatic heterocycles. The van der Waals surface area contributed by atoms with Crippen LogP contribution in [0.25, 0.3) is 0 Å². The number of aryl methyl sites for hydroxylation is 1. The number of likely N-dealkylation sites (tertiary alicyclic amines) is 1. The zero-order valence-electron chi connectivity index (χ0n) is 12.7. The minimum Gasteiger partial charge on any atom is -0.469 e. The molecule has 114 valence electrons. The van der Waals surface area contributed by atoms with Gasteiger partial charge < -0.3 is 9.64 Å². The summed E-state index contributed by atoms with van der Waals surface area (Å²) in [5.74, 6) is -0.0603. The van der Waals surface area contributed by atoms with E-state index in [9.17, 15) is 9.59 Å². The summed E-state index contributed by atoms with van der Waals surface area (Å²) >= 11 is 0. The number of amides is 1. The summed E-state index contributed by atoms with van der Waals surface area (Å²) in [5.41, 5.74) is 1.26. The van der Waals surface area contributed by atoms with E-state index in [2.05, 4.69) is 12.1 Å². The van der Waals surface area contributed by atoms with Crippen molar-refractivity contribution in [3.8, 4) is 0 Å². The Balaban J connectivity index is 1.78. The van der Waals surface area contributed by atoms with E-state index >= 15 is 0 Å². The molecule has 2 atom stereocenters. The molecule has 0 bridgehead atoms. The third kappa shape index (κ3) is 4.06. The Morgan fingerprint density at radius 3 is 2.62 bits per heavy atom. The summed E-state index contributed by atoms with van der Waals surface area (Å²) in [7, 11) is 1.40. The zero-order valence-corrected chi connectivity index (χ0v) is 12.7. The molecule has 1 fully saturated rings. The molecular formula is C17H23NO3. The van der Waals surface area contributed by atoms with Crippen molar-refractivity contribution in [1.82, 2.24) is 4.90 Å². The molecule has 2 unspecified atom stereocenters. The lowest BCUT2D eigenvalue weighted by molar-refractivity contribution is -0.146. The third-order valence-corrected chi connectivity index (χ3v) is 4.17. The van der Waals surface area contributed by atoms with Crippen molar-refractivity contribution in [2.24, 2.45) is 11.8 Å². The molecule has 1 aromatic carbocycles. The molecule has 0 saturated carbocycles. The van der Waals surface area contributed by atoms with Crippen molar-refractivity contribution in [2.75, 3.05) is 20.2 Å². The molecule has 21 heavy (non-hydrogen) atoms. The maximum absolute atomic E-state index is 12.2. The van der Waals surface area contributed by atoms with Crippen LogP contribution < -0.4 is 0 Å². The van der Waals surface area contributed by atoms with Gasteiger partial charge in [-0.1, -0.05) is 37.3 Å². The van der Waals surface area contributed by atoms with Gasteiger partial charge in [0.1, 0.15) is 0 Å². The fourth-order valence-electron chi connectivity index (χ4n) is 2.88. The molecule has 1 aliphatic rings. The summed E-state index contributed by atoms with van der Waals surface area (Å²) < 4.78 is 4.79. The van der Waals surface area contributed by atoms with Crippen molar-refractivity contribution in [3.05, 3.63) is 35.9 Å². The first-order valence-electron chi connectivity index (χ1n) is 7.51. The van der Waals surface area contributed by atoms with Gasteiger partial charge in [-0.05, 0) is 24.3 Å². The molecule has 1 saturated heterocycles. The number of rotatable bonds is 5. The highest BCUT2D eigenvalue weighted by Gasteiger charge is 2.37. The quantitative estimate of drug-likeness (QED) is 0.781. The van der Waals surface area contributed by atoms with Gasteiger partial charge in [-0.25, -0.2) is 0 Å². The molecule has 4 nitrogen and oxygen atoms in total. The Morgan fingerprint density at radius 1 is 1.24 bits per heavy atom. The van der Waals surface area contributed by atoms with E-state index in [1.165, 1.54) is 12.7 Å². The normalized spacial score (nSPS) is 21.3. The summed E-state index contributed by atoms with van der Waals surface area (Å²) in [6, 6.07) is 10.2. The Morgan fingerprint density at radius 2 is 1.95 bits per heavy atom. The number of hydrogen-bond donors (Lipinski definition) is 0. The number of ether oxygens (including phenoxy) is 1. The van der Waals surface area contributed by atoms with Crippen LogP contribution in [0.15, 0.2) is 30.3 Å². The van der Waals surface area contributed by atoms with Gasteiger partial charge in [-0.2, -0.15) is 0 Å². The van der Waals surface area contributed by atoms with E-state index in [0.717, 1.165) is 12.8 Å². The molecular weight excluding hydrogens is 266 g/mol. The fraction of sp³-hybridized carbons (Fsp3) is 0.529. The van der Waals surface area contributed by atoms with Crippen molar-refractivity contribution < 1.29 is 14.3 Å².